The Morgan fingerprint density at radius 1 is 1.36 bits per heavy atom. The average molecular weight is 368 g/mol. The van der Waals surface area contributed by atoms with Gasteiger partial charge in [0.2, 0.25) is 0 Å². The summed E-state index contributed by atoms with van der Waals surface area (Å²) in [5, 5.41) is 3.54. The number of nitrogens with one attached hydrogen (secondary N) is 1. The van der Waals surface area contributed by atoms with Gasteiger partial charge in [-0.15, -0.1) is 0 Å². The molecule has 1 nitrogen and oxygen atoms in total. The minimum atomic E-state index is 0.574. The molecule has 0 heterocycles. The van der Waals surface area contributed by atoms with Gasteiger partial charge in [0.15, 0.2) is 0 Å². The van der Waals surface area contributed by atoms with E-state index in [4.69, 9.17) is 0 Å². The Labute approximate surface area is 108 Å². The molecule has 78 valence electrons. The van der Waals surface area contributed by atoms with Gasteiger partial charge in [0.1, 0.15) is 0 Å². The number of hydrogen-bond acceptors (Lipinski definition) is 1. The lowest BCUT2D eigenvalue weighted by Gasteiger charge is -2.17. The van der Waals surface area contributed by atoms with Crippen molar-refractivity contribution in [1.82, 2.24) is 0 Å². The van der Waals surface area contributed by atoms with Crippen molar-refractivity contribution in [2.24, 2.45) is 0 Å². The molecule has 0 saturated heterocycles. The predicted molar refractivity (Wildman–Crippen MR) is 74.9 cm³/mol. The van der Waals surface area contributed by atoms with Gasteiger partial charge in [0.05, 0.1) is 0 Å². The van der Waals surface area contributed by atoms with Gasteiger partial charge >= 0.3 is 0 Å². The number of anilines is 1. The molecule has 0 atom stereocenters. The first-order chi connectivity index (χ1) is 6.67. The summed E-state index contributed by atoms with van der Waals surface area (Å²) >= 11 is 5.88. The number of rotatable bonds is 4. The Balaban J connectivity index is 2.79. The molecule has 14 heavy (non-hydrogen) atoms. The molecule has 1 aromatic rings. The third kappa shape index (κ3) is 3.42. The molecule has 0 spiro atoms. The van der Waals surface area contributed by atoms with Crippen molar-refractivity contribution >= 4 is 44.2 Å². The lowest BCUT2D eigenvalue weighted by Crippen LogP contribution is -2.17. The van der Waals surface area contributed by atoms with Crippen LogP contribution in [0.25, 0.3) is 0 Å². The lowest BCUT2D eigenvalue weighted by molar-refractivity contribution is 0.671. The first-order valence-electron chi connectivity index (χ1n) is 4.89. The molecule has 0 aliphatic carbocycles. The van der Waals surface area contributed by atoms with Gasteiger partial charge in [-0.3, -0.25) is 0 Å². The fourth-order valence-corrected chi connectivity index (χ4v) is 2.17. The van der Waals surface area contributed by atoms with Gasteiger partial charge in [-0.2, -0.15) is 0 Å². The van der Waals surface area contributed by atoms with E-state index < -0.39 is 0 Å². The van der Waals surface area contributed by atoms with Crippen LogP contribution in [0.1, 0.15) is 26.7 Å². The molecule has 1 aromatic carbocycles. The highest BCUT2D eigenvalue weighted by molar-refractivity contribution is 14.1. The molecular weight excluding hydrogens is 353 g/mol. The van der Waals surface area contributed by atoms with E-state index in [-0.39, 0.29) is 0 Å². The van der Waals surface area contributed by atoms with Crippen LogP contribution in [0.3, 0.4) is 0 Å². The summed E-state index contributed by atoms with van der Waals surface area (Å²) in [6.45, 7) is 4.42. The van der Waals surface area contributed by atoms with Gasteiger partial charge in [-0.05, 0) is 69.6 Å². The van der Waals surface area contributed by atoms with E-state index in [9.17, 15) is 0 Å². The highest BCUT2D eigenvalue weighted by Crippen LogP contribution is 2.25. The zero-order chi connectivity index (χ0) is 10.6. The molecule has 0 saturated carbocycles. The van der Waals surface area contributed by atoms with E-state index in [2.05, 4.69) is 75.9 Å². The van der Waals surface area contributed by atoms with Crippen molar-refractivity contribution < 1.29 is 0 Å². The molecule has 0 fully saturated rings. The third-order valence-corrected chi connectivity index (χ3v) is 3.64. The van der Waals surface area contributed by atoms with Crippen LogP contribution in [0.5, 0.6) is 0 Å². The SMILES string of the molecule is CCC(CC)Nc1cc(I)ccc1Br. The molecule has 0 aliphatic rings. The predicted octanol–water partition coefficient (Wildman–Crippen LogP) is 4.65. The Kier molecular flexibility index (Phi) is 5.23. The largest absolute Gasteiger partial charge is 0.381 e. The summed E-state index contributed by atoms with van der Waals surface area (Å²) in [6, 6.07) is 6.93. The minimum absolute atomic E-state index is 0.574. The van der Waals surface area contributed by atoms with E-state index in [1.165, 1.54) is 9.26 Å². The fourth-order valence-electron chi connectivity index (χ4n) is 1.32. The van der Waals surface area contributed by atoms with Crippen molar-refractivity contribution in [1.29, 1.82) is 0 Å². The van der Waals surface area contributed by atoms with Crippen LogP contribution in [0, 0.1) is 3.57 Å². The summed E-state index contributed by atoms with van der Waals surface area (Å²) in [6.07, 6.45) is 2.32. The lowest BCUT2D eigenvalue weighted by atomic mass is 10.1. The minimum Gasteiger partial charge on any atom is -0.381 e. The monoisotopic (exact) mass is 367 g/mol. The molecular formula is C11H15BrIN. The summed E-state index contributed by atoms with van der Waals surface area (Å²) in [7, 11) is 0. The topological polar surface area (TPSA) is 12.0 Å². The number of benzene rings is 1. The van der Waals surface area contributed by atoms with Crippen molar-refractivity contribution in [3.8, 4) is 0 Å². The Morgan fingerprint density at radius 2 is 2.00 bits per heavy atom. The van der Waals surface area contributed by atoms with Crippen molar-refractivity contribution in [3.05, 3.63) is 26.2 Å². The average Bonchev–Trinajstić information content (AvgIpc) is 2.19. The maximum absolute atomic E-state index is 3.55. The van der Waals surface area contributed by atoms with Crippen molar-refractivity contribution in [2.75, 3.05) is 5.32 Å². The zero-order valence-corrected chi connectivity index (χ0v) is 12.2. The molecule has 3 heteroatoms. The van der Waals surface area contributed by atoms with Gasteiger partial charge < -0.3 is 5.32 Å². The molecule has 1 N–H and O–H groups in total. The molecule has 1 rings (SSSR count). The van der Waals surface area contributed by atoms with E-state index in [1.807, 2.05) is 0 Å². The van der Waals surface area contributed by atoms with Crippen LogP contribution >= 0.6 is 38.5 Å². The van der Waals surface area contributed by atoms with Crippen LogP contribution in [0.15, 0.2) is 22.7 Å². The smallest absolute Gasteiger partial charge is 0.0497 e. The number of halogens is 2. The molecule has 0 aliphatic heterocycles. The molecule has 0 bridgehead atoms. The Bertz CT molecular complexity index is 297. The van der Waals surface area contributed by atoms with E-state index >= 15 is 0 Å². The van der Waals surface area contributed by atoms with Gasteiger partial charge in [0.25, 0.3) is 0 Å². The maximum Gasteiger partial charge on any atom is 0.0497 e. The maximum atomic E-state index is 3.55. The summed E-state index contributed by atoms with van der Waals surface area (Å²) in [5.74, 6) is 0. The van der Waals surface area contributed by atoms with Crippen molar-refractivity contribution in [3.63, 3.8) is 0 Å². The molecule has 0 aromatic heterocycles. The number of hydrogen-bond donors (Lipinski definition) is 1. The first-order valence-corrected chi connectivity index (χ1v) is 6.76. The molecule has 0 radical (unpaired) electrons. The van der Waals surface area contributed by atoms with Crippen LogP contribution in [0.4, 0.5) is 5.69 Å². The Morgan fingerprint density at radius 3 is 2.57 bits per heavy atom. The Hall–Kier alpha value is 0.230. The quantitative estimate of drug-likeness (QED) is 0.763. The van der Waals surface area contributed by atoms with E-state index in [0.29, 0.717) is 6.04 Å². The van der Waals surface area contributed by atoms with Gasteiger partial charge in [-0.25, -0.2) is 0 Å². The first kappa shape index (κ1) is 12.3. The second-order valence-electron chi connectivity index (χ2n) is 3.28. The normalized spacial score (nSPS) is 10.6. The van der Waals surface area contributed by atoms with Crippen LogP contribution in [-0.4, -0.2) is 6.04 Å². The zero-order valence-electron chi connectivity index (χ0n) is 8.48. The van der Waals surface area contributed by atoms with E-state index in [0.717, 1.165) is 17.3 Å². The second-order valence-corrected chi connectivity index (χ2v) is 5.38. The third-order valence-electron chi connectivity index (χ3n) is 2.27. The highest BCUT2D eigenvalue weighted by Gasteiger charge is 2.05. The van der Waals surface area contributed by atoms with Gasteiger partial charge in [0, 0.05) is 19.8 Å². The van der Waals surface area contributed by atoms with Crippen LogP contribution in [-0.2, 0) is 0 Å². The molecule has 0 amide bonds. The summed E-state index contributed by atoms with van der Waals surface area (Å²) in [4.78, 5) is 0. The highest BCUT2D eigenvalue weighted by atomic mass is 127. The summed E-state index contributed by atoms with van der Waals surface area (Å²) in [5.41, 5.74) is 1.20. The van der Waals surface area contributed by atoms with E-state index in [1.54, 1.807) is 0 Å². The fraction of sp³-hybridized carbons (Fsp3) is 0.455. The van der Waals surface area contributed by atoms with Crippen molar-refractivity contribution in [2.45, 2.75) is 32.7 Å². The van der Waals surface area contributed by atoms with Gasteiger partial charge in [-0.1, -0.05) is 13.8 Å². The second kappa shape index (κ2) is 5.95. The van der Waals surface area contributed by atoms with Crippen LogP contribution in [0.2, 0.25) is 0 Å². The summed E-state index contributed by atoms with van der Waals surface area (Å²) < 4.78 is 2.41. The van der Waals surface area contributed by atoms with Crippen LogP contribution < -0.4 is 5.32 Å². The molecule has 0 unspecified atom stereocenters. The standard InChI is InChI=1S/C11H15BrIN/c1-3-9(4-2)14-11-7-8(13)5-6-10(11)12/h5-7,9,14H,3-4H2,1-2H3.